The fourth-order valence-electron chi connectivity index (χ4n) is 4.81. The Bertz CT molecular complexity index is 953. The van der Waals surface area contributed by atoms with Crippen LogP contribution in [0.1, 0.15) is 46.6 Å². The van der Waals surface area contributed by atoms with Crippen molar-refractivity contribution in [3.63, 3.8) is 0 Å². The molecule has 2 amide bonds. The summed E-state index contributed by atoms with van der Waals surface area (Å²) < 4.78 is 17.8. The van der Waals surface area contributed by atoms with Crippen LogP contribution in [0.3, 0.4) is 0 Å². The van der Waals surface area contributed by atoms with E-state index in [1.54, 1.807) is 25.7 Å². The van der Waals surface area contributed by atoms with Crippen LogP contribution in [0.5, 0.6) is 0 Å². The number of benzene rings is 1. The van der Waals surface area contributed by atoms with Gasteiger partial charge < -0.3 is 14.2 Å². The number of ketones is 1. The Hall–Kier alpha value is -2.39. The van der Waals surface area contributed by atoms with Gasteiger partial charge in [0.05, 0.1) is 25.2 Å². The summed E-state index contributed by atoms with van der Waals surface area (Å²) in [5.41, 5.74) is -0.647. The van der Waals surface area contributed by atoms with Crippen molar-refractivity contribution in [3.8, 4) is 0 Å². The van der Waals surface area contributed by atoms with Gasteiger partial charge in [-0.2, -0.15) is 0 Å². The highest BCUT2D eigenvalue weighted by atomic mass is 28.3. The molecule has 36 heavy (non-hydrogen) atoms. The van der Waals surface area contributed by atoms with Gasteiger partial charge in [-0.1, -0.05) is 50.0 Å². The summed E-state index contributed by atoms with van der Waals surface area (Å²) in [6.07, 6.45) is -0.901. The van der Waals surface area contributed by atoms with Crippen LogP contribution in [0.25, 0.3) is 0 Å². The molecule has 2 unspecified atom stereocenters. The molecule has 0 bridgehead atoms. The van der Waals surface area contributed by atoms with Crippen molar-refractivity contribution >= 4 is 26.0 Å². The molecule has 2 saturated heterocycles. The Morgan fingerprint density at radius 3 is 2.33 bits per heavy atom. The number of ether oxygens (including phenoxy) is 3. The first-order valence-corrected chi connectivity index (χ1v) is 16.5. The highest BCUT2D eigenvalue weighted by molar-refractivity contribution is 6.76. The molecule has 2 fully saturated rings. The number of hydrogen-bond acceptors (Lipinski definition) is 6. The van der Waals surface area contributed by atoms with E-state index in [2.05, 4.69) is 19.6 Å². The van der Waals surface area contributed by atoms with Crippen LogP contribution < -0.4 is 0 Å². The SMILES string of the molecule is CC(C)(C)OC(=O)N1CC(=O)C[C@@H]1C1OC(C)(C)N(C(=O)OCC[Si](C)(C)C)C1Cc1ccccc1. The Morgan fingerprint density at radius 2 is 1.75 bits per heavy atom. The van der Waals surface area contributed by atoms with Crippen LogP contribution in [-0.4, -0.2) is 78.5 Å². The van der Waals surface area contributed by atoms with E-state index in [4.69, 9.17) is 14.2 Å². The minimum atomic E-state index is -1.38. The third-order valence-electron chi connectivity index (χ3n) is 6.47. The Balaban J connectivity index is 1.92. The molecule has 1 aromatic carbocycles. The molecule has 0 saturated carbocycles. The van der Waals surface area contributed by atoms with Gasteiger partial charge in [-0.15, -0.1) is 0 Å². The summed E-state index contributed by atoms with van der Waals surface area (Å²) in [5.74, 6) is -0.0538. The van der Waals surface area contributed by atoms with Crippen molar-refractivity contribution in [1.82, 2.24) is 9.80 Å². The molecule has 2 aliphatic heterocycles. The van der Waals surface area contributed by atoms with Gasteiger partial charge in [-0.25, -0.2) is 9.59 Å². The summed E-state index contributed by atoms with van der Waals surface area (Å²) >= 11 is 0. The van der Waals surface area contributed by atoms with Crippen LogP contribution >= 0.6 is 0 Å². The molecule has 2 heterocycles. The van der Waals surface area contributed by atoms with Gasteiger partial charge in [0.1, 0.15) is 17.4 Å². The van der Waals surface area contributed by atoms with Crippen LogP contribution in [0.4, 0.5) is 9.59 Å². The van der Waals surface area contributed by atoms with Crippen LogP contribution in [0.15, 0.2) is 30.3 Å². The highest BCUT2D eigenvalue weighted by Gasteiger charge is 2.56. The van der Waals surface area contributed by atoms with Gasteiger partial charge in [0.15, 0.2) is 5.78 Å². The minimum absolute atomic E-state index is 0.0292. The molecule has 3 rings (SSSR count). The first-order valence-electron chi connectivity index (χ1n) is 12.8. The van der Waals surface area contributed by atoms with Gasteiger partial charge in [0, 0.05) is 14.5 Å². The molecule has 0 aliphatic carbocycles. The number of nitrogens with zero attached hydrogens (tertiary/aromatic N) is 2. The van der Waals surface area contributed by atoms with E-state index in [9.17, 15) is 14.4 Å². The summed E-state index contributed by atoms with van der Waals surface area (Å²) in [6, 6.07) is 9.75. The van der Waals surface area contributed by atoms with E-state index in [1.165, 1.54) is 4.90 Å². The van der Waals surface area contributed by atoms with E-state index in [-0.39, 0.29) is 18.7 Å². The number of Topliss-reactive ketones (excluding diaryl/α,β-unsaturated/α-hetero) is 1. The number of rotatable bonds is 6. The van der Waals surface area contributed by atoms with Crippen molar-refractivity contribution in [3.05, 3.63) is 35.9 Å². The number of likely N-dealkylation sites (tertiary alicyclic amines) is 1. The Kier molecular flexibility index (Phi) is 8.25. The lowest BCUT2D eigenvalue weighted by Crippen LogP contribution is -2.52. The molecular weight excluding hydrogens is 476 g/mol. The molecule has 200 valence electrons. The average Bonchev–Trinajstić information content (AvgIpc) is 3.23. The Morgan fingerprint density at radius 1 is 1.11 bits per heavy atom. The van der Waals surface area contributed by atoms with Crippen molar-refractivity contribution in [2.45, 2.75) is 103 Å². The quantitative estimate of drug-likeness (QED) is 0.488. The standard InChI is InChI=1S/C27H42N2O6Si/c1-26(2,3)35-24(31)28-18-20(30)17-21(28)23-22(16-19-12-10-9-11-13-19)29(27(4,5)34-23)25(32)33-14-15-36(6,7)8/h9-13,21-23H,14-18H2,1-8H3/t21-,22?,23?/m1/s1. The van der Waals surface area contributed by atoms with E-state index in [0.717, 1.165) is 11.6 Å². The predicted octanol–water partition coefficient (Wildman–Crippen LogP) is 5.09. The number of carbonyl (C=O) groups is 3. The molecule has 2 aliphatic rings. The zero-order valence-corrected chi connectivity index (χ0v) is 24.0. The molecule has 1 aromatic rings. The second-order valence-corrected chi connectivity index (χ2v) is 18.1. The molecule has 0 spiro atoms. The molecule has 0 N–H and O–H groups in total. The molecule has 9 heteroatoms. The lowest BCUT2D eigenvalue weighted by Gasteiger charge is -2.34. The van der Waals surface area contributed by atoms with Crippen molar-refractivity contribution in [2.24, 2.45) is 0 Å². The Labute approximate surface area is 216 Å². The lowest BCUT2D eigenvalue weighted by atomic mass is 9.94. The highest BCUT2D eigenvalue weighted by Crippen LogP contribution is 2.39. The largest absolute Gasteiger partial charge is 0.450 e. The molecule has 0 radical (unpaired) electrons. The van der Waals surface area contributed by atoms with E-state index >= 15 is 0 Å². The number of amides is 2. The topological polar surface area (TPSA) is 85.4 Å². The molecule has 0 aromatic heterocycles. The summed E-state index contributed by atoms with van der Waals surface area (Å²) in [6.45, 7) is 16.1. The van der Waals surface area contributed by atoms with E-state index < -0.39 is 49.8 Å². The van der Waals surface area contributed by atoms with Gasteiger partial charge in [-0.3, -0.25) is 14.6 Å². The normalized spacial score (nSPS) is 24.2. The molecule has 8 nitrogen and oxygen atoms in total. The van der Waals surface area contributed by atoms with Crippen molar-refractivity contribution in [1.29, 1.82) is 0 Å². The minimum Gasteiger partial charge on any atom is -0.450 e. The fraction of sp³-hybridized carbons (Fsp3) is 0.667. The smallest absolute Gasteiger partial charge is 0.412 e. The summed E-state index contributed by atoms with van der Waals surface area (Å²) in [7, 11) is -1.38. The maximum absolute atomic E-state index is 13.4. The fourth-order valence-corrected chi connectivity index (χ4v) is 5.53. The number of hydrogen-bond donors (Lipinski definition) is 0. The molecule has 3 atom stereocenters. The van der Waals surface area contributed by atoms with Crippen LogP contribution in [0, 0.1) is 0 Å². The van der Waals surface area contributed by atoms with Crippen molar-refractivity contribution in [2.75, 3.05) is 13.2 Å². The maximum atomic E-state index is 13.4. The summed E-state index contributed by atoms with van der Waals surface area (Å²) in [4.78, 5) is 42.2. The third-order valence-corrected chi connectivity index (χ3v) is 8.17. The third kappa shape index (κ3) is 7.09. The first-order chi connectivity index (χ1) is 16.6. The van der Waals surface area contributed by atoms with Gasteiger partial charge in [0.25, 0.3) is 0 Å². The van der Waals surface area contributed by atoms with Crippen LogP contribution in [0.2, 0.25) is 25.7 Å². The molecular formula is C27H42N2O6Si. The van der Waals surface area contributed by atoms with Gasteiger partial charge >= 0.3 is 12.2 Å². The monoisotopic (exact) mass is 518 g/mol. The summed E-state index contributed by atoms with van der Waals surface area (Å²) in [5, 5.41) is 0. The maximum Gasteiger partial charge on any atom is 0.412 e. The van der Waals surface area contributed by atoms with Crippen LogP contribution in [-0.2, 0) is 25.4 Å². The van der Waals surface area contributed by atoms with E-state index in [0.29, 0.717) is 13.0 Å². The second kappa shape index (κ2) is 10.5. The zero-order chi connectivity index (χ0) is 26.9. The average molecular weight is 519 g/mol. The van der Waals surface area contributed by atoms with E-state index in [1.807, 2.05) is 44.2 Å². The van der Waals surface area contributed by atoms with Gasteiger partial charge in [-0.05, 0) is 52.6 Å². The van der Waals surface area contributed by atoms with Gasteiger partial charge in [0.2, 0.25) is 0 Å². The first kappa shape index (κ1) is 28.2. The predicted molar refractivity (Wildman–Crippen MR) is 141 cm³/mol. The lowest BCUT2D eigenvalue weighted by molar-refractivity contribution is -0.117. The number of carbonyl (C=O) groups excluding carboxylic acids is 3. The second-order valence-electron chi connectivity index (χ2n) is 12.5. The zero-order valence-electron chi connectivity index (χ0n) is 23.0. The van der Waals surface area contributed by atoms with Crippen molar-refractivity contribution < 1.29 is 28.6 Å².